The lowest BCUT2D eigenvalue weighted by Crippen LogP contribution is -2.41. The second-order valence-corrected chi connectivity index (χ2v) is 11.1. The molecule has 0 spiro atoms. The fraction of sp³-hybridized carbons (Fsp3) is 0.440. The quantitative estimate of drug-likeness (QED) is 0.632. The molecule has 0 aromatic heterocycles. The van der Waals surface area contributed by atoms with Crippen LogP contribution in [-0.2, 0) is 14.8 Å². The van der Waals surface area contributed by atoms with Gasteiger partial charge in [0.2, 0.25) is 15.9 Å². The number of piperidine rings is 1. The molecule has 0 radical (unpaired) electrons. The lowest BCUT2D eigenvalue weighted by molar-refractivity contribution is -0.120. The Bertz CT molecular complexity index is 1220. The fourth-order valence-corrected chi connectivity index (χ4v) is 5.78. The van der Waals surface area contributed by atoms with Crippen molar-refractivity contribution in [3.63, 3.8) is 0 Å². The van der Waals surface area contributed by atoms with Gasteiger partial charge in [-0.3, -0.25) is 9.59 Å². The van der Waals surface area contributed by atoms with E-state index < -0.39 is 10.0 Å². The molecule has 186 valence electrons. The van der Waals surface area contributed by atoms with E-state index in [1.165, 1.54) is 16.4 Å². The Balaban J connectivity index is 1.19. The molecule has 2 amide bonds. The molecule has 2 aromatic carbocycles. The van der Waals surface area contributed by atoms with Crippen LogP contribution < -0.4 is 20.1 Å². The molecule has 0 atom stereocenters. The molecule has 1 saturated carbocycles. The normalized spacial score (nSPS) is 19.0. The number of amides is 2. The molecule has 2 heterocycles. The largest absolute Gasteiger partial charge is 0.490 e. The molecule has 2 aliphatic heterocycles. The molecule has 10 heteroatoms. The van der Waals surface area contributed by atoms with Crippen molar-refractivity contribution in [2.24, 2.45) is 5.92 Å². The Morgan fingerprint density at radius 1 is 0.914 bits per heavy atom. The number of anilines is 1. The first-order valence-corrected chi connectivity index (χ1v) is 13.5. The van der Waals surface area contributed by atoms with Crippen molar-refractivity contribution in [3.8, 4) is 11.5 Å². The summed E-state index contributed by atoms with van der Waals surface area (Å²) in [5.74, 6) is 0.361. The Hall–Kier alpha value is -3.11. The van der Waals surface area contributed by atoms with Gasteiger partial charge in [0.1, 0.15) is 0 Å². The van der Waals surface area contributed by atoms with Gasteiger partial charge in [-0.25, -0.2) is 8.42 Å². The Morgan fingerprint density at radius 2 is 1.66 bits per heavy atom. The Labute approximate surface area is 204 Å². The summed E-state index contributed by atoms with van der Waals surface area (Å²) in [7, 11) is -3.71. The zero-order chi connectivity index (χ0) is 24.4. The third-order valence-corrected chi connectivity index (χ3v) is 8.38. The molecular formula is C25H29N3O6S. The van der Waals surface area contributed by atoms with Crippen LogP contribution in [-0.4, -0.2) is 56.9 Å². The molecule has 0 unspecified atom stereocenters. The topological polar surface area (TPSA) is 114 Å². The third kappa shape index (κ3) is 5.43. The standard InChI is InChI=1S/C25H29N3O6S/c29-24(27-20-4-1-3-18(15-20)25(30)26-19-5-6-19)17-9-11-28(12-10-17)35(31,32)21-7-8-22-23(16-21)34-14-2-13-33-22/h1,3-4,7-8,15-17,19H,2,5-6,9-14H2,(H,26,30)(H,27,29). The summed E-state index contributed by atoms with van der Waals surface area (Å²) in [6.07, 6.45) is 3.58. The maximum absolute atomic E-state index is 13.2. The van der Waals surface area contributed by atoms with Crippen molar-refractivity contribution >= 4 is 27.5 Å². The molecule has 0 bridgehead atoms. The van der Waals surface area contributed by atoms with E-state index in [-0.39, 0.29) is 41.8 Å². The summed E-state index contributed by atoms with van der Waals surface area (Å²) in [4.78, 5) is 25.3. The minimum absolute atomic E-state index is 0.142. The maximum atomic E-state index is 13.2. The lowest BCUT2D eigenvalue weighted by Gasteiger charge is -2.30. The zero-order valence-electron chi connectivity index (χ0n) is 19.4. The summed E-state index contributed by atoms with van der Waals surface area (Å²) in [6, 6.07) is 11.8. The van der Waals surface area contributed by atoms with E-state index in [0.29, 0.717) is 48.8 Å². The van der Waals surface area contributed by atoms with Crippen LogP contribution in [0.15, 0.2) is 47.4 Å². The minimum atomic E-state index is -3.71. The molecule has 1 aliphatic carbocycles. The smallest absolute Gasteiger partial charge is 0.251 e. The summed E-state index contributed by atoms with van der Waals surface area (Å²) >= 11 is 0. The first-order chi connectivity index (χ1) is 16.9. The first kappa shape index (κ1) is 23.6. The van der Waals surface area contributed by atoms with Crippen LogP contribution in [0, 0.1) is 5.92 Å². The van der Waals surface area contributed by atoms with Crippen LogP contribution in [0.2, 0.25) is 0 Å². The number of hydrogen-bond acceptors (Lipinski definition) is 6. The zero-order valence-corrected chi connectivity index (χ0v) is 20.2. The SMILES string of the molecule is O=C(NC1CC1)c1cccc(NC(=O)C2CCN(S(=O)(=O)c3ccc4c(c3)OCCCO4)CC2)c1. The number of carbonyl (C=O) groups is 2. The first-order valence-electron chi connectivity index (χ1n) is 12.0. The molecule has 9 nitrogen and oxygen atoms in total. The van der Waals surface area contributed by atoms with Crippen molar-refractivity contribution in [1.29, 1.82) is 0 Å². The van der Waals surface area contributed by atoms with Gasteiger partial charge in [-0.2, -0.15) is 4.31 Å². The highest BCUT2D eigenvalue weighted by Crippen LogP contribution is 2.34. The van der Waals surface area contributed by atoms with Gasteiger partial charge in [-0.05, 0) is 56.0 Å². The van der Waals surface area contributed by atoms with E-state index in [9.17, 15) is 18.0 Å². The molecule has 2 N–H and O–H groups in total. The monoisotopic (exact) mass is 499 g/mol. The van der Waals surface area contributed by atoms with Crippen LogP contribution >= 0.6 is 0 Å². The van der Waals surface area contributed by atoms with E-state index in [1.807, 2.05) is 0 Å². The number of fused-ring (bicyclic) bond motifs is 1. The summed E-state index contributed by atoms with van der Waals surface area (Å²) < 4.78 is 39.0. The number of hydrogen-bond donors (Lipinski definition) is 2. The lowest BCUT2D eigenvalue weighted by atomic mass is 9.97. The molecule has 2 fully saturated rings. The van der Waals surface area contributed by atoms with E-state index in [2.05, 4.69) is 10.6 Å². The number of nitrogens with zero attached hydrogens (tertiary/aromatic N) is 1. The van der Waals surface area contributed by atoms with Gasteiger partial charge in [0.05, 0.1) is 18.1 Å². The summed E-state index contributed by atoms with van der Waals surface area (Å²) in [5.41, 5.74) is 1.06. The van der Waals surface area contributed by atoms with Crippen LogP contribution in [0.25, 0.3) is 0 Å². The van der Waals surface area contributed by atoms with Crippen LogP contribution in [0.3, 0.4) is 0 Å². The molecule has 35 heavy (non-hydrogen) atoms. The van der Waals surface area contributed by atoms with E-state index in [4.69, 9.17) is 9.47 Å². The number of nitrogens with one attached hydrogen (secondary N) is 2. The van der Waals surface area contributed by atoms with Crippen molar-refractivity contribution in [2.45, 2.75) is 43.0 Å². The second-order valence-electron chi connectivity index (χ2n) is 9.16. The average molecular weight is 500 g/mol. The van der Waals surface area contributed by atoms with E-state index in [0.717, 1.165) is 19.3 Å². The predicted octanol–water partition coefficient (Wildman–Crippen LogP) is 2.78. The highest BCUT2D eigenvalue weighted by molar-refractivity contribution is 7.89. The van der Waals surface area contributed by atoms with E-state index >= 15 is 0 Å². The minimum Gasteiger partial charge on any atom is -0.490 e. The highest BCUT2D eigenvalue weighted by atomic mass is 32.2. The van der Waals surface area contributed by atoms with Crippen molar-refractivity contribution in [3.05, 3.63) is 48.0 Å². The number of rotatable bonds is 6. The van der Waals surface area contributed by atoms with Gasteiger partial charge in [0.15, 0.2) is 11.5 Å². The molecule has 2 aromatic rings. The highest BCUT2D eigenvalue weighted by Gasteiger charge is 2.33. The second kappa shape index (κ2) is 9.87. The molecular weight excluding hydrogens is 470 g/mol. The van der Waals surface area contributed by atoms with Gasteiger partial charge in [-0.1, -0.05) is 6.07 Å². The summed E-state index contributed by atoms with van der Waals surface area (Å²) in [5, 5.41) is 5.82. The van der Waals surface area contributed by atoms with Gasteiger partial charge >= 0.3 is 0 Å². The van der Waals surface area contributed by atoms with Crippen molar-refractivity contribution < 1.29 is 27.5 Å². The predicted molar refractivity (Wildman–Crippen MR) is 129 cm³/mol. The number of benzene rings is 2. The van der Waals surface area contributed by atoms with Gasteiger partial charge in [0.25, 0.3) is 5.91 Å². The number of sulfonamides is 1. The Morgan fingerprint density at radius 3 is 2.40 bits per heavy atom. The fourth-order valence-electron chi connectivity index (χ4n) is 4.29. The van der Waals surface area contributed by atoms with E-state index in [1.54, 1.807) is 30.3 Å². The van der Waals surface area contributed by atoms with Crippen molar-refractivity contribution in [1.82, 2.24) is 9.62 Å². The van der Waals surface area contributed by atoms with Crippen molar-refractivity contribution in [2.75, 3.05) is 31.6 Å². The third-order valence-electron chi connectivity index (χ3n) is 6.49. The maximum Gasteiger partial charge on any atom is 0.251 e. The Kier molecular flexibility index (Phi) is 6.66. The molecule has 3 aliphatic rings. The van der Waals surface area contributed by atoms with Crippen LogP contribution in [0.1, 0.15) is 42.5 Å². The molecule has 1 saturated heterocycles. The van der Waals surface area contributed by atoms with Gasteiger partial charge in [0, 0.05) is 48.8 Å². The number of carbonyl (C=O) groups excluding carboxylic acids is 2. The van der Waals surface area contributed by atoms with Crippen LogP contribution in [0.5, 0.6) is 11.5 Å². The average Bonchev–Trinajstić information content (AvgIpc) is 3.70. The van der Waals surface area contributed by atoms with Crippen LogP contribution in [0.4, 0.5) is 5.69 Å². The molecule has 5 rings (SSSR count). The number of ether oxygens (including phenoxy) is 2. The van der Waals surface area contributed by atoms with Gasteiger partial charge in [-0.15, -0.1) is 0 Å². The summed E-state index contributed by atoms with van der Waals surface area (Å²) in [6.45, 7) is 1.51. The van der Waals surface area contributed by atoms with Gasteiger partial charge < -0.3 is 20.1 Å².